The Morgan fingerprint density at radius 2 is 1.73 bits per heavy atom. The minimum Gasteiger partial charge on any atom is -0.384 e. The van der Waals surface area contributed by atoms with Crippen molar-refractivity contribution in [2.24, 2.45) is 12.2 Å². The number of nitrogens with two attached hydrogens (primary N) is 1. The van der Waals surface area contributed by atoms with Gasteiger partial charge in [0.1, 0.15) is 11.4 Å². The van der Waals surface area contributed by atoms with Crippen LogP contribution in [0, 0.1) is 12.7 Å². The number of aryl methyl sites for hydroxylation is 1. The molecular formula is C22H23FN2O4S. The van der Waals surface area contributed by atoms with Crippen molar-refractivity contribution in [3.63, 3.8) is 0 Å². The van der Waals surface area contributed by atoms with Gasteiger partial charge in [0.15, 0.2) is 0 Å². The molecule has 30 heavy (non-hydrogen) atoms. The Bertz CT molecular complexity index is 1170. The van der Waals surface area contributed by atoms with Crippen LogP contribution < -0.4 is 5.14 Å². The molecule has 1 unspecified atom stereocenters. The summed E-state index contributed by atoms with van der Waals surface area (Å²) in [5.41, 5.74) is 0.562. The smallest absolute Gasteiger partial charge is 0.212 e. The molecule has 0 saturated carbocycles. The Hall–Kier alpha value is -2.81. The van der Waals surface area contributed by atoms with Crippen molar-refractivity contribution in [3.05, 3.63) is 94.6 Å². The summed E-state index contributed by atoms with van der Waals surface area (Å²) in [6.07, 6.45) is -0.0680. The van der Waals surface area contributed by atoms with E-state index >= 15 is 0 Å². The number of carbonyl (C=O) groups excluding carboxylic acids is 1. The quantitative estimate of drug-likeness (QED) is 0.562. The lowest BCUT2D eigenvalue weighted by Gasteiger charge is -2.28. The summed E-state index contributed by atoms with van der Waals surface area (Å²) in [5, 5.41) is 16.5. The highest BCUT2D eigenvalue weighted by molar-refractivity contribution is 7.89. The molecule has 0 aliphatic heterocycles. The standard InChI is InChI=1S/C22H23FN2O4S/c1-15-12-19(25(2)20(15)21(26)16-8-10-18(23)11-9-16)13-22(27,14-30(24,28)29)17-6-4-3-5-7-17/h3-12,27H,13-14H2,1-2H3,(H2,24,28,29). The SMILES string of the molecule is Cc1cc(CC(O)(CS(N)(=O)=O)c2ccccc2)n(C)c1C(=O)c1ccc(F)cc1. The number of rotatable bonds is 7. The van der Waals surface area contributed by atoms with E-state index in [9.17, 15) is 22.7 Å². The Balaban J connectivity index is 2.02. The molecule has 0 bridgehead atoms. The van der Waals surface area contributed by atoms with Crippen LogP contribution >= 0.6 is 0 Å². The summed E-state index contributed by atoms with van der Waals surface area (Å²) < 4.78 is 38.4. The van der Waals surface area contributed by atoms with Crippen LogP contribution in [0.1, 0.15) is 32.9 Å². The topological polar surface area (TPSA) is 102 Å². The Morgan fingerprint density at radius 1 is 1.13 bits per heavy atom. The molecule has 2 aromatic carbocycles. The van der Waals surface area contributed by atoms with Crippen LogP contribution in [0.15, 0.2) is 60.7 Å². The van der Waals surface area contributed by atoms with Crippen LogP contribution in [0.3, 0.4) is 0 Å². The summed E-state index contributed by atoms with van der Waals surface area (Å²) in [6, 6.07) is 15.4. The largest absolute Gasteiger partial charge is 0.384 e. The minimum atomic E-state index is -3.99. The maximum absolute atomic E-state index is 13.2. The average Bonchev–Trinajstić information content (AvgIpc) is 2.94. The lowest BCUT2D eigenvalue weighted by molar-refractivity contribution is 0.0592. The number of nitrogens with zero attached hydrogens (tertiary/aromatic N) is 1. The number of carbonyl (C=O) groups is 1. The molecule has 0 amide bonds. The average molecular weight is 431 g/mol. The van der Waals surface area contributed by atoms with E-state index < -0.39 is 27.2 Å². The third-order valence-electron chi connectivity index (χ3n) is 5.07. The maximum atomic E-state index is 13.2. The van der Waals surface area contributed by atoms with Crippen LogP contribution in [-0.2, 0) is 29.1 Å². The fourth-order valence-electron chi connectivity index (χ4n) is 3.68. The van der Waals surface area contributed by atoms with Gasteiger partial charge < -0.3 is 9.67 Å². The van der Waals surface area contributed by atoms with Gasteiger partial charge in [-0.2, -0.15) is 0 Å². The molecule has 1 heterocycles. The molecule has 0 aliphatic carbocycles. The van der Waals surface area contributed by atoms with E-state index in [1.807, 2.05) is 0 Å². The van der Waals surface area contributed by atoms with E-state index in [4.69, 9.17) is 5.14 Å². The molecule has 0 saturated heterocycles. The van der Waals surface area contributed by atoms with E-state index in [-0.39, 0.29) is 12.2 Å². The molecule has 3 N–H and O–H groups in total. The van der Waals surface area contributed by atoms with Gasteiger partial charge in [0, 0.05) is 24.7 Å². The Labute approximate surface area is 174 Å². The minimum absolute atomic E-state index is 0.0680. The molecule has 0 spiro atoms. The van der Waals surface area contributed by atoms with Crippen molar-refractivity contribution in [3.8, 4) is 0 Å². The molecule has 3 rings (SSSR count). The Morgan fingerprint density at radius 3 is 2.30 bits per heavy atom. The molecule has 0 fully saturated rings. The molecule has 6 nitrogen and oxygen atoms in total. The molecule has 8 heteroatoms. The van der Waals surface area contributed by atoms with E-state index in [2.05, 4.69) is 0 Å². The molecular weight excluding hydrogens is 407 g/mol. The molecule has 3 aromatic rings. The first-order valence-electron chi connectivity index (χ1n) is 9.24. The number of ketones is 1. The lowest BCUT2D eigenvalue weighted by Crippen LogP contribution is -2.39. The summed E-state index contributed by atoms with van der Waals surface area (Å²) >= 11 is 0. The number of benzene rings is 2. The molecule has 0 radical (unpaired) electrons. The predicted molar refractivity (Wildman–Crippen MR) is 112 cm³/mol. The third-order valence-corrected chi connectivity index (χ3v) is 5.95. The van der Waals surface area contributed by atoms with Gasteiger partial charge in [0.25, 0.3) is 0 Å². The summed E-state index contributed by atoms with van der Waals surface area (Å²) in [5.74, 6) is -1.40. The van der Waals surface area contributed by atoms with E-state index in [1.54, 1.807) is 54.9 Å². The van der Waals surface area contributed by atoms with Gasteiger partial charge in [0.2, 0.25) is 15.8 Å². The fourth-order valence-corrected chi connectivity index (χ4v) is 4.61. The highest BCUT2D eigenvalue weighted by Crippen LogP contribution is 2.29. The predicted octanol–water partition coefficient (Wildman–Crippen LogP) is 2.42. The van der Waals surface area contributed by atoms with Crippen LogP contribution in [0.5, 0.6) is 0 Å². The summed E-state index contributed by atoms with van der Waals surface area (Å²) in [6.45, 7) is 1.75. The second-order valence-electron chi connectivity index (χ2n) is 7.44. The van der Waals surface area contributed by atoms with Crippen molar-refractivity contribution < 1.29 is 22.7 Å². The zero-order valence-corrected chi connectivity index (χ0v) is 17.5. The first-order chi connectivity index (χ1) is 14.0. The zero-order chi connectivity index (χ0) is 22.1. The summed E-state index contributed by atoms with van der Waals surface area (Å²) in [7, 11) is -2.32. The zero-order valence-electron chi connectivity index (χ0n) is 16.7. The van der Waals surface area contributed by atoms with Gasteiger partial charge in [-0.05, 0) is 48.4 Å². The number of hydrogen-bond acceptors (Lipinski definition) is 4. The lowest BCUT2D eigenvalue weighted by atomic mass is 9.91. The number of aromatic nitrogens is 1. The van der Waals surface area contributed by atoms with Gasteiger partial charge in [-0.1, -0.05) is 30.3 Å². The first-order valence-corrected chi connectivity index (χ1v) is 11.0. The van der Waals surface area contributed by atoms with E-state index in [0.29, 0.717) is 28.1 Å². The van der Waals surface area contributed by atoms with Gasteiger partial charge in [-0.15, -0.1) is 0 Å². The van der Waals surface area contributed by atoms with Gasteiger partial charge in [-0.25, -0.2) is 17.9 Å². The summed E-state index contributed by atoms with van der Waals surface area (Å²) in [4.78, 5) is 13.0. The number of aliphatic hydroxyl groups is 1. The molecule has 1 atom stereocenters. The van der Waals surface area contributed by atoms with Crippen LogP contribution in [-0.4, -0.2) is 29.6 Å². The second kappa shape index (κ2) is 8.14. The van der Waals surface area contributed by atoms with Crippen LogP contribution in [0.25, 0.3) is 0 Å². The highest BCUT2D eigenvalue weighted by Gasteiger charge is 2.35. The van der Waals surface area contributed by atoms with Crippen LogP contribution in [0.2, 0.25) is 0 Å². The van der Waals surface area contributed by atoms with E-state index in [1.165, 1.54) is 24.3 Å². The molecule has 1 aromatic heterocycles. The van der Waals surface area contributed by atoms with Crippen molar-refractivity contribution in [2.75, 3.05) is 5.75 Å². The monoisotopic (exact) mass is 430 g/mol. The maximum Gasteiger partial charge on any atom is 0.212 e. The number of halogens is 1. The number of sulfonamides is 1. The third kappa shape index (κ3) is 4.67. The number of primary sulfonamides is 1. The molecule has 158 valence electrons. The number of hydrogen-bond donors (Lipinski definition) is 2. The van der Waals surface area contributed by atoms with Crippen LogP contribution in [0.4, 0.5) is 4.39 Å². The van der Waals surface area contributed by atoms with Gasteiger partial charge in [-0.3, -0.25) is 4.79 Å². The second-order valence-corrected chi connectivity index (χ2v) is 9.06. The normalized spacial score (nSPS) is 13.8. The van der Waals surface area contributed by atoms with Crippen molar-refractivity contribution >= 4 is 15.8 Å². The first kappa shape index (κ1) is 21.9. The molecule has 0 aliphatic rings. The fraction of sp³-hybridized carbons (Fsp3) is 0.227. The van der Waals surface area contributed by atoms with Gasteiger partial charge >= 0.3 is 0 Å². The van der Waals surface area contributed by atoms with Crippen molar-refractivity contribution in [1.82, 2.24) is 4.57 Å². The highest BCUT2D eigenvalue weighted by atomic mass is 32.2. The Kier molecular flexibility index (Phi) is 5.94. The van der Waals surface area contributed by atoms with Crippen molar-refractivity contribution in [2.45, 2.75) is 18.9 Å². The van der Waals surface area contributed by atoms with Gasteiger partial charge in [0.05, 0.1) is 11.4 Å². The van der Waals surface area contributed by atoms with Crippen molar-refractivity contribution in [1.29, 1.82) is 0 Å². The van der Waals surface area contributed by atoms with E-state index in [0.717, 1.165) is 0 Å².